The number of nitrogens with one attached hydrogen (secondary N) is 1. The summed E-state index contributed by atoms with van der Waals surface area (Å²) < 4.78 is 0. The van der Waals surface area contributed by atoms with Crippen molar-refractivity contribution < 1.29 is 4.92 Å². The highest BCUT2D eigenvalue weighted by molar-refractivity contribution is 5.60. The van der Waals surface area contributed by atoms with Crippen molar-refractivity contribution in [3.05, 3.63) is 34.4 Å². The van der Waals surface area contributed by atoms with Crippen LogP contribution in [0.3, 0.4) is 0 Å². The van der Waals surface area contributed by atoms with Crippen molar-refractivity contribution in [2.75, 3.05) is 31.5 Å². The molecule has 0 spiro atoms. The van der Waals surface area contributed by atoms with Crippen LogP contribution in [0.5, 0.6) is 0 Å². The molecule has 0 fully saturated rings. The molecule has 0 unspecified atom stereocenters. The predicted octanol–water partition coefficient (Wildman–Crippen LogP) is 3.91. The molecule has 0 aliphatic heterocycles. The first-order valence-electron chi connectivity index (χ1n) is 7.88. The molecule has 5 heteroatoms. The van der Waals surface area contributed by atoms with Gasteiger partial charge in [0.25, 0.3) is 5.69 Å². The Morgan fingerprint density at radius 3 is 2.43 bits per heavy atom. The normalized spacial score (nSPS) is 10.8. The van der Waals surface area contributed by atoms with Gasteiger partial charge in [-0.25, -0.2) is 0 Å². The molecule has 0 radical (unpaired) electrons. The highest BCUT2D eigenvalue weighted by Gasteiger charge is 2.10. The van der Waals surface area contributed by atoms with E-state index in [9.17, 15) is 10.1 Å². The lowest BCUT2D eigenvalue weighted by Crippen LogP contribution is -2.23. The first-order valence-corrected chi connectivity index (χ1v) is 7.88. The van der Waals surface area contributed by atoms with E-state index in [2.05, 4.69) is 24.1 Å². The number of nitrogens with zero attached hydrogens (tertiary/aromatic N) is 2. The van der Waals surface area contributed by atoms with E-state index in [4.69, 9.17) is 0 Å². The summed E-state index contributed by atoms with van der Waals surface area (Å²) in [5.41, 5.74) is 0.768. The standard InChI is InChI=1S/C16H27N3O2/c1-3-18(4-2)14-10-6-5-9-13-17-15-11-7-8-12-16(15)19(20)21/h7-8,11-12,17H,3-6,9-10,13-14H2,1-2H3. The fourth-order valence-corrected chi connectivity index (χ4v) is 2.36. The van der Waals surface area contributed by atoms with Crippen molar-refractivity contribution in [3.63, 3.8) is 0 Å². The SMILES string of the molecule is CCN(CC)CCCCCCNc1ccccc1[N+](=O)[O-]. The van der Waals surface area contributed by atoms with Crippen molar-refractivity contribution in [1.29, 1.82) is 0 Å². The summed E-state index contributed by atoms with van der Waals surface area (Å²) in [4.78, 5) is 13.0. The molecule has 0 bridgehead atoms. The minimum atomic E-state index is -0.341. The molecule has 1 aromatic rings. The Kier molecular flexibility index (Phi) is 8.43. The van der Waals surface area contributed by atoms with Gasteiger partial charge in [0.1, 0.15) is 5.69 Å². The van der Waals surface area contributed by atoms with Crippen molar-refractivity contribution >= 4 is 11.4 Å². The number of para-hydroxylation sites is 2. The molecule has 0 atom stereocenters. The maximum atomic E-state index is 10.9. The maximum Gasteiger partial charge on any atom is 0.292 e. The van der Waals surface area contributed by atoms with Gasteiger partial charge in [0.15, 0.2) is 0 Å². The van der Waals surface area contributed by atoms with Crippen molar-refractivity contribution in [1.82, 2.24) is 4.90 Å². The second-order valence-electron chi connectivity index (χ2n) is 5.14. The lowest BCUT2D eigenvalue weighted by Gasteiger charge is -2.17. The summed E-state index contributed by atoms with van der Waals surface area (Å²) in [7, 11) is 0. The summed E-state index contributed by atoms with van der Waals surface area (Å²) >= 11 is 0. The van der Waals surface area contributed by atoms with Crippen LogP contribution in [0.2, 0.25) is 0 Å². The molecule has 1 N–H and O–H groups in total. The van der Waals surface area contributed by atoms with Crippen LogP contribution in [0.4, 0.5) is 11.4 Å². The number of unbranched alkanes of at least 4 members (excludes halogenated alkanes) is 3. The minimum Gasteiger partial charge on any atom is -0.379 e. The van der Waals surface area contributed by atoms with Crippen LogP contribution in [0.15, 0.2) is 24.3 Å². The van der Waals surface area contributed by atoms with Crippen LogP contribution < -0.4 is 5.32 Å². The molecule has 0 aliphatic carbocycles. The monoisotopic (exact) mass is 293 g/mol. The smallest absolute Gasteiger partial charge is 0.292 e. The van der Waals surface area contributed by atoms with Gasteiger partial charge in [-0.15, -0.1) is 0 Å². The average Bonchev–Trinajstić information content (AvgIpc) is 2.50. The summed E-state index contributed by atoms with van der Waals surface area (Å²) in [5.74, 6) is 0. The second kappa shape index (κ2) is 10.2. The highest BCUT2D eigenvalue weighted by atomic mass is 16.6. The Morgan fingerprint density at radius 1 is 1.10 bits per heavy atom. The van der Waals surface area contributed by atoms with Crippen LogP contribution in [-0.4, -0.2) is 36.0 Å². The van der Waals surface area contributed by atoms with Gasteiger partial charge < -0.3 is 10.2 Å². The van der Waals surface area contributed by atoms with Gasteiger partial charge in [-0.05, 0) is 38.5 Å². The van der Waals surface area contributed by atoms with Crippen LogP contribution in [-0.2, 0) is 0 Å². The van der Waals surface area contributed by atoms with Crippen LogP contribution in [0.25, 0.3) is 0 Å². The van der Waals surface area contributed by atoms with E-state index in [-0.39, 0.29) is 10.6 Å². The zero-order chi connectivity index (χ0) is 15.5. The molecule has 0 heterocycles. The number of hydrogen-bond acceptors (Lipinski definition) is 4. The van der Waals surface area contributed by atoms with E-state index in [1.807, 2.05) is 6.07 Å². The fourth-order valence-electron chi connectivity index (χ4n) is 2.36. The Bertz CT molecular complexity index is 420. The highest BCUT2D eigenvalue weighted by Crippen LogP contribution is 2.23. The molecule has 1 aromatic carbocycles. The molecule has 21 heavy (non-hydrogen) atoms. The molecular weight excluding hydrogens is 266 g/mol. The van der Waals surface area contributed by atoms with E-state index in [0.29, 0.717) is 5.69 Å². The van der Waals surface area contributed by atoms with E-state index in [1.54, 1.807) is 12.1 Å². The Hall–Kier alpha value is -1.62. The van der Waals surface area contributed by atoms with Gasteiger partial charge >= 0.3 is 0 Å². The maximum absolute atomic E-state index is 10.9. The number of hydrogen-bond donors (Lipinski definition) is 1. The first-order chi connectivity index (χ1) is 10.2. The van der Waals surface area contributed by atoms with Gasteiger partial charge in [-0.1, -0.05) is 38.8 Å². The molecule has 1 rings (SSSR count). The summed E-state index contributed by atoms with van der Waals surface area (Å²) in [6, 6.07) is 6.81. The van der Waals surface area contributed by atoms with Gasteiger partial charge in [-0.3, -0.25) is 10.1 Å². The van der Waals surface area contributed by atoms with Gasteiger partial charge in [0, 0.05) is 12.6 Å². The first kappa shape index (κ1) is 17.4. The van der Waals surface area contributed by atoms with E-state index in [0.717, 1.165) is 32.5 Å². The van der Waals surface area contributed by atoms with Gasteiger partial charge in [-0.2, -0.15) is 0 Å². The molecule has 0 aromatic heterocycles. The third-order valence-corrected chi connectivity index (χ3v) is 3.71. The minimum absolute atomic E-state index is 0.152. The number of benzene rings is 1. The number of anilines is 1. The van der Waals surface area contributed by atoms with Crippen LogP contribution in [0.1, 0.15) is 39.5 Å². The zero-order valence-electron chi connectivity index (χ0n) is 13.2. The number of nitro groups is 1. The molecule has 0 saturated carbocycles. The van der Waals surface area contributed by atoms with Crippen LogP contribution in [0, 0.1) is 10.1 Å². The predicted molar refractivity (Wildman–Crippen MR) is 87.8 cm³/mol. The largest absolute Gasteiger partial charge is 0.379 e. The zero-order valence-corrected chi connectivity index (χ0v) is 13.2. The number of rotatable bonds is 11. The molecule has 118 valence electrons. The molecular formula is C16H27N3O2. The Labute approximate surface area is 127 Å². The van der Waals surface area contributed by atoms with Crippen LogP contribution >= 0.6 is 0 Å². The fraction of sp³-hybridized carbons (Fsp3) is 0.625. The third-order valence-electron chi connectivity index (χ3n) is 3.71. The van der Waals surface area contributed by atoms with Crippen molar-refractivity contribution in [2.24, 2.45) is 0 Å². The van der Waals surface area contributed by atoms with Crippen molar-refractivity contribution in [2.45, 2.75) is 39.5 Å². The number of nitro benzene ring substituents is 1. The quantitative estimate of drug-likeness (QED) is 0.382. The molecule has 5 nitrogen and oxygen atoms in total. The van der Waals surface area contributed by atoms with E-state index < -0.39 is 0 Å². The Morgan fingerprint density at radius 2 is 1.76 bits per heavy atom. The van der Waals surface area contributed by atoms with Crippen molar-refractivity contribution in [3.8, 4) is 0 Å². The second-order valence-corrected chi connectivity index (χ2v) is 5.14. The van der Waals surface area contributed by atoms with E-state index >= 15 is 0 Å². The third kappa shape index (κ3) is 6.58. The molecule has 0 saturated heterocycles. The average molecular weight is 293 g/mol. The molecule has 0 amide bonds. The summed E-state index contributed by atoms with van der Waals surface area (Å²) in [5, 5.41) is 14.0. The van der Waals surface area contributed by atoms with E-state index in [1.165, 1.54) is 25.5 Å². The summed E-state index contributed by atoms with van der Waals surface area (Å²) in [6.07, 6.45) is 4.65. The topological polar surface area (TPSA) is 58.4 Å². The summed E-state index contributed by atoms with van der Waals surface area (Å²) in [6.45, 7) is 8.59. The Balaban J connectivity index is 2.16. The molecule has 0 aliphatic rings. The van der Waals surface area contributed by atoms with Gasteiger partial charge in [0.2, 0.25) is 0 Å². The lowest BCUT2D eigenvalue weighted by molar-refractivity contribution is -0.384. The lowest BCUT2D eigenvalue weighted by atomic mass is 10.2. The van der Waals surface area contributed by atoms with Gasteiger partial charge in [0.05, 0.1) is 4.92 Å².